The van der Waals surface area contributed by atoms with Crippen molar-refractivity contribution >= 4 is 24.0 Å². The van der Waals surface area contributed by atoms with Gasteiger partial charge in [-0.2, -0.15) is 8.42 Å². The second-order valence-corrected chi connectivity index (χ2v) is 8.54. The fourth-order valence-corrected chi connectivity index (χ4v) is 5.05. The van der Waals surface area contributed by atoms with Gasteiger partial charge in [0.25, 0.3) is 10.1 Å². The number of hydrogen-bond donors (Lipinski definition) is 1. The Kier molecular flexibility index (Phi) is 6.13. The summed E-state index contributed by atoms with van der Waals surface area (Å²) in [6, 6.07) is 16.8. The van der Waals surface area contributed by atoms with E-state index in [9.17, 15) is 13.0 Å². The van der Waals surface area contributed by atoms with Crippen molar-refractivity contribution in [2.45, 2.75) is 31.2 Å². The third-order valence-electron chi connectivity index (χ3n) is 3.50. The van der Waals surface area contributed by atoms with Gasteiger partial charge in [0.1, 0.15) is 4.99 Å². The van der Waals surface area contributed by atoms with E-state index in [1.54, 1.807) is 24.3 Å². The normalized spacial score (nSPS) is 13.5. The van der Waals surface area contributed by atoms with Crippen LogP contribution in [-0.4, -0.2) is 13.0 Å². The second kappa shape index (κ2) is 7.87. The second-order valence-electron chi connectivity index (χ2n) is 5.21. The molecule has 2 atom stereocenters. The van der Waals surface area contributed by atoms with E-state index in [-0.39, 0.29) is 8.58 Å². The van der Waals surface area contributed by atoms with Crippen molar-refractivity contribution in [2.75, 3.05) is 0 Å². The number of rotatable bonds is 7. The van der Waals surface area contributed by atoms with Crippen molar-refractivity contribution in [3.05, 3.63) is 65.7 Å². The molecule has 0 fully saturated rings. The molecule has 0 radical (unpaired) electrons. The first-order chi connectivity index (χ1) is 10.5. The van der Waals surface area contributed by atoms with Crippen LogP contribution in [0, 0.1) is 0 Å². The van der Waals surface area contributed by atoms with E-state index in [4.69, 9.17) is 0 Å². The lowest BCUT2D eigenvalue weighted by Gasteiger charge is -2.17. The van der Waals surface area contributed by atoms with Gasteiger partial charge in [0.05, 0.1) is 0 Å². The molecule has 0 aromatic heterocycles. The summed E-state index contributed by atoms with van der Waals surface area (Å²) in [5, 5.41) is 1.02. The predicted octanol–water partition coefficient (Wildman–Crippen LogP) is 3.92. The van der Waals surface area contributed by atoms with E-state index in [0.717, 1.165) is 24.6 Å². The van der Waals surface area contributed by atoms with Crippen molar-refractivity contribution in [3.63, 3.8) is 0 Å². The average molecular weight is 336 g/mol. The zero-order valence-electron chi connectivity index (χ0n) is 12.6. The molecule has 0 saturated heterocycles. The van der Waals surface area contributed by atoms with Gasteiger partial charge in [0.15, 0.2) is 0 Å². The molecule has 5 heteroatoms. The number of aryl methyl sites for hydroxylation is 1. The Bertz CT molecular complexity index is 699. The van der Waals surface area contributed by atoms with Gasteiger partial charge in [-0.25, -0.2) is 0 Å². The van der Waals surface area contributed by atoms with E-state index in [0.29, 0.717) is 5.56 Å². The first-order valence-corrected chi connectivity index (χ1v) is 9.96. The lowest BCUT2D eigenvalue weighted by Crippen LogP contribution is -2.13. The van der Waals surface area contributed by atoms with Crippen LogP contribution < -0.4 is 5.30 Å². The van der Waals surface area contributed by atoms with Crippen LogP contribution >= 0.6 is 8.58 Å². The SMILES string of the molecule is CCCCc1ccccc1PC(c1ccccc1)S(=O)(=O)O. The van der Waals surface area contributed by atoms with Gasteiger partial charge in [0, 0.05) is 0 Å². The highest BCUT2D eigenvalue weighted by Crippen LogP contribution is 2.38. The molecule has 0 aliphatic heterocycles. The Morgan fingerprint density at radius 1 is 1.05 bits per heavy atom. The van der Waals surface area contributed by atoms with Crippen molar-refractivity contribution in [1.82, 2.24) is 0 Å². The first kappa shape index (κ1) is 17.1. The summed E-state index contributed by atoms with van der Waals surface area (Å²) < 4.78 is 33.3. The lowest BCUT2D eigenvalue weighted by molar-refractivity contribution is 0.480. The largest absolute Gasteiger partial charge is 0.285 e. The van der Waals surface area contributed by atoms with Crippen molar-refractivity contribution in [3.8, 4) is 0 Å². The van der Waals surface area contributed by atoms with E-state index in [2.05, 4.69) is 6.92 Å². The molecule has 0 amide bonds. The molecule has 0 aliphatic carbocycles. The minimum absolute atomic E-state index is 0.00344. The molecular formula is C17H21O3PS. The Labute approximate surface area is 134 Å². The number of benzene rings is 2. The Balaban J connectivity index is 2.33. The predicted molar refractivity (Wildman–Crippen MR) is 93.7 cm³/mol. The van der Waals surface area contributed by atoms with Crippen LogP contribution in [0.4, 0.5) is 0 Å². The maximum absolute atomic E-state index is 11.8. The van der Waals surface area contributed by atoms with Gasteiger partial charge in [-0.15, -0.1) is 0 Å². The van der Waals surface area contributed by atoms with Crippen LogP contribution in [0.25, 0.3) is 0 Å². The standard InChI is InChI=1S/C17H21O3PS/c1-2-3-9-14-10-7-8-13-16(14)21-17(22(18,19)20)15-11-5-4-6-12-15/h4-8,10-13,17,21H,2-3,9H2,1H3,(H,18,19,20). The molecule has 2 unspecified atom stereocenters. The number of hydrogen-bond acceptors (Lipinski definition) is 2. The third kappa shape index (κ3) is 4.64. The van der Waals surface area contributed by atoms with Gasteiger partial charge in [-0.05, 0) is 29.3 Å². The van der Waals surface area contributed by atoms with E-state index in [1.807, 2.05) is 30.3 Å². The van der Waals surface area contributed by atoms with Gasteiger partial charge in [-0.1, -0.05) is 76.5 Å². The van der Waals surface area contributed by atoms with E-state index in [1.165, 1.54) is 5.56 Å². The van der Waals surface area contributed by atoms with Gasteiger partial charge in [-0.3, -0.25) is 4.55 Å². The molecule has 0 aliphatic rings. The maximum Gasteiger partial charge on any atom is 0.276 e. The smallest absolute Gasteiger partial charge is 0.276 e. The monoisotopic (exact) mass is 336 g/mol. The Hall–Kier alpha value is -1.22. The van der Waals surface area contributed by atoms with Crippen LogP contribution in [0.5, 0.6) is 0 Å². The number of unbranched alkanes of at least 4 members (excludes halogenated alkanes) is 1. The lowest BCUT2D eigenvalue weighted by atomic mass is 10.1. The molecule has 2 aromatic rings. The molecule has 0 spiro atoms. The van der Waals surface area contributed by atoms with Crippen LogP contribution in [0.15, 0.2) is 54.6 Å². The highest BCUT2D eigenvalue weighted by molar-refractivity contribution is 7.92. The van der Waals surface area contributed by atoms with Gasteiger partial charge >= 0.3 is 0 Å². The van der Waals surface area contributed by atoms with Crippen LogP contribution in [0.3, 0.4) is 0 Å². The summed E-state index contributed by atoms with van der Waals surface area (Å²) in [6.07, 6.45) is 3.11. The molecule has 2 aromatic carbocycles. The summed E-state index contributed by atoms with van der Waals surface area (Å²) in [4.78, 5) is -0.892. The highest BCUT2D eigenvalue weighted by Gasteiger charge is 2.26. The average Bonchev–Trinajstić information content (AvgIpc) is 2.51. The van der Waals surface area contributed by atoms with Crippen LogP contribution in [-0.2, 0) is 16.5 Å². The van der Waals surface area contributed by atoms with Crippen molar-refractivity contribution < 1.29 is 13.0 Å². The molecule has 118 valence electrons. The maximum atomic E-state index is 11.8. The van der Waals surface area contributed by atoms with Crippen molar-refractivity contribution in [2.24, 2.45) is 0 Å². The summed E-state index contributed by atoms with van der Waals surface area (Å²) in [7, 11) is -4.14. The summed E-state index contributed by atoms with van der Waals surface area (Å²) >= 11 is 0. The fourth-order valence-electron chi connectivity index (χ4n) is 2.35. The van der Waals surface area contributed by atoms with Crippen LogP contribution in [0.2, 0.25) is 0 Å². The minimum Gasteiger partial charge on any atom is -0.285 e. The molecular weight excluding hydrogens is 315 g/mol. The van der Waals surface area contributed by atoms with Gasteiger partial charge in [0.2, 0.25) is 0 Å². The zero-order valence-corrected chi connectivity index (χ0v) is 14.4. The quantitative estimate of drug-likeness (QED) is 0.616. The molecule has 3 nitrogen and oxygen atoms in total. The van der Waals surface area contributed by atoms with E-state index >= 15 is 0 Å². The van der Waals surface area contributed by atoms with Crippen LogP contribution in [0.1, 0.15) is 35.9 Å². The van der Waals surface area contributed by atoms with Crippen molar-refractivity contribution in [1.29, 1.82) is 0 Å². The third-order valence-corrected chi connectivity index (χ3v) is 7.01. The molecule has 0 bridgehead atoms. The summed E-state index contributed by atoms with van der Waals surface area (Å²) in [5.74, 6) is 0. The summed E-state index contributed by atoms with van der Waals surface area (Å²) in [6.45, 7) is 2.13. The zero-order chi connectivity index (χ0) is 16.0. The van der Waals surface area contributed by atoms with E-state index < -0.39 is 15.1 Å². The molecule has 22 heavy (non-hydrogen) atoms. The van der Waals surface area contributed by atoms with Gasteiger partial charge < -0.3 is 0 Å². The molecule has 0 heterocycles. The highest BCUT2D eigenvalue weighted by atomic mass is 32.2. The first-order valence-electron chi connectivity index (χ1n) is 7.38. The Morgan fingerprint density at radius 3 is 2.32 bits per heavy atom. The minimum atomic E-state index is -4.14. The molecule has 0 saturated carbocycles. The topological polar surface area (TPSA) is 54.4 Å². The molecule has 2 rings (SSSR count). The molecule has 1 N–H and O–H groups in total. The summed E-state index contributed by atoms with van der Waals surface area (Å²) in [5.41, 5.74) is 1.81. The Morgan fingerprint density at radius 2 is 1.68 bits per heavy atom. The fraction of sp³-hybridized carbons (Fsp3) is 0.294.